The summed E-state index contributed by atoms with van der Waals surface area (Å²) in [4.78, 5) is 24.5. The molecule has 0 saturated heterocycles. The number of phenolic OH excluding ortho intramolecular Hbond substituents is 1. The fourth-order valence-corrected chi connectivity index (χ4v) is 3.69. The smallest absolute Gasteiger partial charge is 0.335 e. The molecule has 1 unspecified atom stereocenters. The minimum Gasteiger partial charge on any atom is -0.505 e. The predicted octanol–water partition coefficient (Wildman–Crippen LogP) is 4.88. The summed E-state index contributed by atoms with van der Waals surface area (Å²) < 4.78 is 5.21. The van der Waals surface area contributed by atoms with E-state index in [1.807, 2.05) is 32.0 Å². The Morgan fingerprint density at radius 2 is 1.86 bits per heavy atom. The van der Waals surface area contributed by atoms with Crippen molar-refractivity contribution < 1.29 is 24.5 Å². The number of carbonyl (C=O) groups is 2. The highest BCUT2D eigenvalue weighted by Gasteiger charge is 2.37. The molecule has 1 atom stereocenters. The van der Waals surface area contributed by atoms with Gasteiger partial charge >= 0.3 is 5.97 Å². The molecule has 1 aliphatic rings. The molecule has 4 rings (SSSR count). The van der Waals surface area contributed by atoms with Crippen molar-refractivity contribution in [2.24, 2.45) is 15.3 Å². The maximum absolute atomic E-state index is 13.2. The number of benzene rings is 3. The lowest BCUT2D eigenvalue weighted by molar-refractivity contribution is -0.117. The quantitative estimate of drug-likeness (QED) is 0.475. The topological polar surface area (TPSA) is 124 Å². The second kappa shape index (κ2) is 9.86. The summed E-state index contributed by atoms with van der Waals surface area (Å²) in [5.41, 5.74) is 4.27. The predicted molar refractivity (Wildman–Crippen MR) is 132 cm³/mol. The van der Waals surface area contributed by atoms with Gasteiger partial charge in [-0.2, -0.15) is 20.3 Å². The maximum Gasteiger partial charge on any atom is 0.335 e. The zero-order valence-electron chi connectivity index (χ0n) is 19.5. The number of carboxylic acid groups (broad SMARTS) is 1. The number of ether oxygens (including phenoxy) is 1. The first-order chi connectivity index (χ1) is 16.8. The summed E-state index contributed by atoms with van der Waals surface area (Å²) in [5.74, 6) is -1.63. The van der Waals surface area contributed by atoms with Crippen molar-refractivity contribution in [2.75, 3.05) is 18.7 Å². The first-order valence-electron chi connectivity index (χ1n) is 10.8. The van der Waals surface area contributed by atoms with Crippen LogP contribution in [0.15, 0.2) is 76.0 Å². The molecule has 0 bridgehead atoms. The number of para-hydroxylation sites is 1. The summed E-state index contributed by atoms with van der Waals surface area (Å²) in [7, 11) is 1.50. The molecule has 0 fully saturated rings. The molecule has 3 aromatic rings. The van der Waals surface area contributed by atoms with Crippen LogP contribution in [0.3, 0.4) is 0 Å². The van der Waals surface area contributed by atoms with Gasteiger partial charge in [-0.25, -0.2) is 4.79 Å². The van der Waals surface area contributed by atoms with Crippen LogP contribution in [-0.4, -0.2) is 47.6 Å². The largest absolute Gasteiger partial charge is 0.505 e. The van der Waals surface area contributed by atoms with Gasteiger partial charge in [0.1, 0.15) is 11.4 Å². The lowest BCUT2D eigenvalue weighted by Crippen LogP contribution is -2.31. The van der Waals surface area contributed by atoms with Crippen LogP contribution in [0.1, 0.15) is 21.5 Å². The fourth-order valence-electron chi connectivity index (χ4n) is 3.69. The van der Waals surface area contributed by atoms with Crippen LogP contribution in [0, 0.1) is 13.8 Å². The van der Waals surface area contributed by atoms with E-state index in [0.29, 0.717) is 22.5 Å². The number of aromatic carboxylic acids is 1. The van der Waals surface area contributed by atoms with E-state index in [4.69, 9.17) is 4.74 Å². The van der Waals surface area contributed by atoms with Crippen molar-refractivity contribution in [3.05, 3.63) is 77.4 Å². The van der Waals surface area contributed by atoms with E-state index in [-0.39, 0.29) is 29.5 Å². The highest BCUT2D eigenvalue weighted by atomic mass is 16.5. The molecule has 1 heterocycles. The van der Waals surface area contributed by atoms with Crippen LogP contribution < -0.4 is 5.01 Å². The number of carbonyl (C=O) groups excluding carboxylic acids is 1. The zero-order valence-corrected chi connectivity index (χ0v) is 19.5. The lowest BCUT2D eigenvalue weighted by Gasteiger charge is -2.14. The Bertz CT molecular complexity index is 1370. The monoisotopic (exact) mass is 472 g/mol. The summed E-state index contributed by atoms with van der Waals surface area (Å²) >= 11 is 0. The minimum atomic E-state index is -1.07. The molecule has 9 nitrogen and oxygen atoms in total. The van der Waals surface area contributed by atoms with E-state index < -0.39 is 12.0 Å². The maximum atomic E-state index is 13.2. The molecule has 0 saturated carbocycles. The van der Waals surface area contributed by atoms with E-state index in [0.717, 1.165) is 11.1 Å². The van der Waals surface area contributed by atoms with Crippen molar-refractivity contribution in [1.29, 1.82) is 0 Å². The number of anilines is 1. The van der Waals surface area contributed by atoms with Crippen molar-refractivity contribution in [3.63, 3.8) is 0 Å². The van der Waals surface area contributed by atoms with Crippen LogP contribution in [0.25, 0.3) is 11.1 Å². The van der Waals surface area contributed by atoms with Crippen molar-refractivity contribution in [1.82, 2.24) is 0 Å². The highest BCUT2D eigenvalue weighted by Crippen LogP contribution is 2.38. The summed E-state index contributed by atoms with van der Waals surface area (Å²) in [6, 6.07) is 15.7. The van der Waals surface area contributed by atoms with E-state index in [2.05, 4.69) is 15.3 Å². The number of rotatable bonds is 7. The van der Waals surface area contributed by atoms with Crippen LogP contribution in [0.4, 0.5) is 11.4 Å². The van der Waals surface area contributed by atoms with Gasteiger partial charge in [0.25, 0.3) is 5.91 Å². The van der Waals surface area contributed by atoms with Gasteiger partial charge in [0.15, 0.2) is 11.8 Å². The first-order valence-corrected chi connectivity index (χ1v) is 10.8. The molecule has 178 valence electrons. The third kappa shape index (κ3) is 4.80. The van der Waals surface area contributed by atoms with Gasteiger partial charge in [0, 0.05) is 12.7 Å². The van der Waals surface area contributed by atoms with E-state index in [1.165, 1.54) is 24.3 Å². The van der Waals surface area contributed by atoms with Crippen LogP contribution in [0.2, 0.25) is 0 Å². The molecule has 1 amide bonds. The van der Waals surface area contributed by atoms with E-state index in [1.54, 1.807) is 30.3 Å². The van der Waals surface area contributed by atoms with Gasteiger partial charge in [0.2, 0.25) is 0 Å². The summed E-state index contributed by atoms with van der Waals surface area (Å²) in [5, 5.41) is 34.1. The van der Waals surface area contributed by atoms with Gasteiger partial charge in [0.05, 0.1) is 17.9 Å². The zero-order chi connectivity index (χ0) is 25.1. The van der Waals surface area contributed by atoms with Gasteiger partial charge in [-0.3, -0.25) is 4.79 Å². The Morgan fingerprint density at radius 1 is 1.09 bits per heavy atom. The Balaban J connectivity index is 1.65. The number of hydrazone groups is 1. The summed E-state index contributed by atoms with van der Waals surface area (Å²) in [6.45, 7) is 4.03. The lowest BCUT2D eigenvalue weighted by atomic mass is 10.0. The van der Waals surface area contributed by atoms with Crippen molar-refractivity contribution >= 4 is 29.0 Å². The molecule has 0 radical (unpaired) electrons. The number of amides is 1. The average molecular weight is 473 g/mol. The number of nitrogens with zero attached hydrogens (tertiary/aromatic N) is 4. The normalized spacial score (nSPS) is 15.6. The van der Waals surface area contributed by atoms with Gasteiger partial charge in [-0.05, 0) is 60.9 Å². The van der Waals surface area contributed by atoms with Gasteiger partial charge < -0.3 is 14.9 Å². The standard InChI is InChI=1S/C26H24N4O5/c1-15-10-11-19(12-16(15)2)30-25(32)23(22(29-30)14-35-3)28-27-21-9-5-8-20(24(21)31)17-6-4-7-18(13-17)26(33)34/h4-13,23,31H,14H2,1-3H3,(H,33,34). The molecule has 1 aliphatic heterocycles. The number of methoxy groups -OCH3 is 1. The van der Waals surface area contributed by atoms with Crippen LogP contribution >= 0.6 is 0 Å². The Morgan fingerprint density at radius 3 is 2.57 bits per heavy atom. The summed E-state index contributed by atoms with van der Waals surface area (Å²) in [6.07, 6.45) is 0. The second-order valence-corrected chi connectivity index (χ2v) is 8.12. The fraction of sp³-hybridized carbons (Fsp3) is 0.192. The van der Waals surface area contributed by atoms with Crippen LogP contribution in [-0.2, 0) is 9.53 Å². The highest BCUT2D eigenvalue weighted by molar-refractivity contribution is 6.19. The number of aryl methyl sites for hydroxylation is 2. The Kier molecular flexibility index (Phi) is 6.70. The molecule has 3 aromatic carbocycles. The molecular weight excluding hydrogens is 448 g/mol. The van der Waals surface area contributed by atoms with Crippen molar-refractivity contribution in [3.8, 4) is 16.9 Å². The number of hydrogen-bond donors (Lipinski definition) is 2. The third-order valence-corrected chi connectivity index (χ3v) is 5.73. The van der Waals surface area contributed by atoms with E-state index >= 15 is 0 Å². The molecule has 0 spiro atoms. The molecule has 35 heavy (non-hydrogen) atoms. The number of phenols is 1. The van der Waals surface area contributed by atoms with Gasteiger partial charge in [-0.1, -0.05) is 30.3 Å². The number of aromatic hydroxyl groups is 1. The first kappa shape index (κ1) is 23.8. The second-order valence-electron chi connectivity index (χ2n) is 8.12. The third-order valence-electron chi connectivity index (χ3n) is 5.73. The molecule has 2 N–H and O–H groups in total. The molecule has 0 aliphatic carbocycles. The molecule has 0 aromatic heterocycles. The number of carboxylic acids is 1. The molecule has 9 heteroatoms. The molecular formula is C26H24N4O5. The Labute approximate surface area is 202 Å². The number of azo groups is 1. The van der Waals surface area contributed by atoms with Crippen LogP contribution in [0.5, 0.6) is 5.75 Å². The van der Waals surface area contributed by atoms with Gasteiger partial charge in [-0.15, -0.1) is 0 Å². The SMILES string of the molecule is COCC1=NN(c2ccc(C)c(C)c2)C(=O)C1N=Nc1cccc(-c2cccc(C(=O)O)c2)c1O. The average Bonchev–Trinajstić information content (AvgIpc) is 3.15. The number of hydrogen-bond acceptors (Lipinski definition) is 7. The van der Waals surface area contributed by atoms with E-state index in [9.17, 15) is 19.8 Å². The minimum absolute atomic E-state index is 0.0881. The Hall–Kier alpha value is -4.37. The van der Waals surface area contributed by atoms with Crippen molar-refractivity contribution in [2.45, 2.75) is 19.9 Å².